The van der Waals surface area contributed by atoms with Gasteiger partial charge in [-0.15, -0.1) is 0 Å². The Hall–Kier alpha value is -1.58. The van der Waals surface area contributed by atoms with Crippen LogP contribution in [0.3, 0.4) is 0 Å². The molecule has 1 unspecified atom stereocenters. The zero-order chi connectivity index (χ0) is 11.7. The van der Waals surface area contributed by atoms with E-state index in [-0.39, 0.29) is 6.04 Å². The van der Waals surface area contributed by atoms with Gasteiger partial charge < -0.3 is 9.73 Å². The highest BCUT2D eigenvalue weighted by molar-refractivity contribution is 7.08. The SMILES string of the molecule is CNC(c1ccsc1)c1cc2ccccc2o1. The molecule has 0 saturated carbocycles. The summed E-state index contributed by atoms with van der Waals surface area (Å²) in [5, 5.41) is 8.68. The van der Waals surface area contributed by atoms with E-state index in [0.29, 0.717) is 0 Å². The van der Waals surface area contributed by atoms with E-state index in [1.54, 1.807) is 11.3 Å². The van der Waals surface area contributed by atoms with Gasteiger partial charge in [-0.25, -0.2) is 0 Å². The number of fused-ring (bicyclic) bond motifs is 1. The van der Waals surface area contributed by atoms with Gasteiger partial charge in [0.2, 0.25) is 0 Å². The van der Waals surface area contributed by atoms with E-state index in [9.17, 15) is 0 Å². The maximum Gasteiger partial charge on any atom is 0.134 e. The molecule has 2 heterocycles. The highest BCUT2D eigenvalue weighted by Gasteiger charge is 2.16. The van der Waals surface area contributed by atoms with Gasteiger partial charge in [-0.05, 0) is 41.6 Å². The first-order valence-corrected chi connectivity index (χ1v) is 6.50. The summed E-state index contributed by atoms with van der Waals surface area (Å²) in [7, 11) is 1.95. The van der Waals surface area contributed by atoms with Gasteiger partial charge in [0.05, 0.1) is 6.04 Å². The van der Waals surface area contributed by atoms with Crippen LogP contribution in [0.5, 0.6) is 0 Å². The lowest BCUT2D eigenvalue weighted by Crippen LogP contribution is -2.16. The molecule has 0 aliphatic rings. The summed E-state index contributed by atoms with van der Waals surface area (Å²) in [4.78, 5) is 0. The van der Waals surface area contributed by atoms with Gasteiger partial charge in [0.25, 0.3) is 0 Å². The van der Waals surface area contributed by atoms with E-state index in [4.69, 9.17) is 4.42 Å². The van der Waals surface area contributed by atoms with Crippen molar-refractivity contribution in [2.45, 2.75) is 6.04 Å². The molecule has 3 rings (SSSR count). The van der Waals surface area contributed by atoms with Gasteiger partial charge >= 0.3 is 0 Å². The van der Waals surface area contributed by atoms with Crippen molar-refractivity contribution in [1.29, 1.82) is 0 Å². The first-order valence-electron chi connectivity index (χ1n) is 5.56. The molecule has 1 aromatic carbocycles. The number of thiophene rings is 1. The number of furan rings is 1. The van der Waals surface area contributed by atoms with Crippen molar-refractivity contribution in [1.82, 2.24) is 5.32 Å². The summed E-state index contributed by atoms with van der Waals surface area (Å²) in [5.41, 5.74) is 2.19. The van der Waals surface area contributed by atoms with E-state index in [2.05, 4.69) is 34.3 Å². The highest BCUT2D eigenvalue weighted by atomic mass is 32.1. The highest BCUT2D eigenvalue weighted by Crippen LogP contribution is 2.28. The average molecular weight is 243 g/mol. The molecule has 17 heavy (non-hydrogen) atoms. The van der Waals surface area contributed by atoms with Crippen molar-refractivity contribution in [2.75, 3.05) is 7.05 Å². The molecule has 3 aromatic rings. The van der Waals surface area contributed by atoms with E-state index >= 15 is 0 Å². The van der Waals surface area contributed by atoms with Crippen molar-refractivity contribution in [3.05, 3.63) is 58.5 Å². The molecule has 0 bridgehead atoms. The van der Waals surface area contributed by atoms with Gasteiger partial charge in [-0.1, -0.05) is 18.2 Å². The minimum absolute atomic E-state index is 0.133. The lowest BCUT2D eigenvalue weighted by molar-refractivity contribution is 0.492. The molecule has 0 amide bonds. The second kappa shape index (κ2) is 4.35. The van der Waals surface area contributed by atoms with Crippen molar-refractivity contribution < 1.29 is 4.42 Å². The molecule has 0 aliphatic carbocycles. The first kappa shape index (κ1) is 10.6. The molecular weight excluding hydrogens is 230 g/mol. The van der Waals surface area contributed by atoms with Gasteiger partial charge in [0.15, 0.2) is 0 Å². The van der Waals surface area contributed by atoms with Crippen LogP contribution in [0.4, 0.5) is 0 Å². The summed E-state index contributed by atoms with van der Waals surface area (Å²) < 4.78 is 5.89. The normalized spacial score (nSPS) is 13.0. The minimum atomic E-state index is 0.133. The predicted octanol–water partition coefficient (Wildman–Crippen LogP) is 3.80. The Morgan fingerprint density at radius 2 is 2.12 bits per heavy atom. The van der Waals surface area contributed by atoms with Gasteiger partial charge in [0.1, 0.15) is 11.3 Å². The Kier molecular flexibility index (Phi) is 2.71. The fourth-order valence-electron chi connectivity index (χ4n) is 2.06. The van der Waals surface area contributed by atoms with Crippen molar-refractivity contribution in [3.8, 4) is 0 Å². The quantitative estimate of drug-likeness (QED) is 0.757. The van der Waals surface area contributed by atoms with E-state index in [1.165, 1.54) is 5.56 Å². The van der Waals surface area contributed by atoms with Crippen LogP contribution >= 0.6 is 11.3 Å². The van der Waals surface area contributed by atoms with Crippen LogP contribution in [0, 0.1) is 0 Å². The van der Waals surface area contributed by atoms with Crippen LogP contribution in [0.15, 0.2) is 51.6 Å². The zero-order valence-electron chi connectivity index (χ0n) is 9.51. The number of hydrogen-bond acceptors (Lipinski definition) is 3. The summed E-state index contributed by atoms with van der Waals surface area (Å²) in [6.07, 6.45) is 0. The summed E-state index contributed by atoms with van der Waals surface area (Å²) in [6.45, 7) is 0. The summed E-state index contributed by atoms with van der Waals surface area (Å²) in [5.74, 6) is 0.965. The van der Waals surface area contributed by atoms with E-state index in [1.807, 2.05) is 25.2 Å². The fourth-order valence-corrected chi connectivity index (χ4v) is 2.74. The maximum absolute atomic E-state index is 5.89. The third kappa shape index (κ3) is 1.88. The smallest absolute Gasteiger partial charge is 0.134 e. The van der Waals surface area contributed by atoms with E-state index in [0.717, 1.165) is 16.7 Å². The van der Waals surface area contributed by atoms with Crippen LogP contribution in [0.25, 0.3) is 11.0 Å². The molecule has 86 valence electrons. The van der Waals surface area contributed by atoms with Crippen LogP contribution in [-0.2, 0) is 0 Å². The predicted molar refractivity (Wildman–Crippen MR) is 71.4 cm³/mol. The Morgan fingerprint density at radius 1 is 1.24 bits per heavy atom. The monoisotopic (exact) mass is 243 g/mol. The van der Waals surface area contributed by atoms with Crippen LogP contribution in [-0.4, -0.2) is 7.05 Å². The second-order valence-electron chi connectivity index (χ2n) is 3.96. The third-order valence-electron chi connectivity index (χ3n) is 2.89. The third-order valence-corrected chi connectivity index (χ3v) is 3.60. The molecule has 0 saturated heterocycles. The van der Waals surface area contributed by atoms with Crippen LogP contribution < -0.4 is 5.32 Å². The van der Waals surface area contributed by atoms with Crippen molar-refractivity contribution in [3.63, 3.8) is 0 Å². The summed E-state index contributed by atoms with van der Waals surface area (Å²) in [6, 6.07) is 12.5. The summed E-state index contributed by atoms with van der Waals surface area (Å²) >= 11 is 1.70. The Balaban J connectivity index is 2.07. The molecule has 3 heteroatoms. The number of nitrogens with one attached hydrogen (secondary N) is 1. The number of para-hydroxylation sites is 1. The second-order valence-corrected chi connectivity index (χ2v) is 4.74. The molecule has 1 atom stereocenters. The Labute approximate surface area is 104 Å². The lowest BCUT2D eigenvalue weighted by atomic mass is 10.1. The van der Waals surface area contributed by atoms with E-state index < -0.39 is 0 Å². The molecule has 1 N–H and O–H groups in total. The van der Waals surface area contributed by atoms with Crippen LogP contribution in [0.1, 0.15) is 17.4 Å². The molecule has 0 spiro atoms. The Bertz CT molecular complexity index is 579. The molecule has 2 nitrogen and oxygen atoms in total. The fraction of sp³-hybridized carbons (Fsp3) is 0.143. The molecule has 0 aliphatic heterocycles. The first-order chi connectivity index (χ1) is 8.38. The zero-order valence-corrected chi connectivity index (χ0v) is 10.3. The molecular formula is C14H13NOS. The van der Waals surface area contributed by atoms with Crippen LogP contribution in [0.2, 0.25) is 0 Å². The van der Waals surface area contributed by atoms with Crippen molar-refractivity contribution >= 4 is 22.3 Å². The number of benzene rings is 1. The Morgan fingerprint density at radius 3 is 2.82 bits per heavy atom. The number of rotatable bonds is 3. The molecule has 2 aromatic heterocycles. The molecule has 0 fully saturated rings. The van der Waals surface area contributed by atoms with Gasteiger partial charge in [-0.2, -0.15) is 11.3 Å². The minimum Gasteiger partial charge on any atom is -0.459 e. The van der Waals surface area contributed by atoms with Crippen molar-refractivity contribution in [2.24, 2.45) is 0 Å². The average Bonchev–Trinajstić information content (AvgIpc) is 2.98. The van der Waals surface area contributed by atoms with Gasteiger partial charge in [0, 0.05) is 5.39 Å². The largest absolute Gasteiger partial charge is 0.459 e. The number of hydrogen-bond donors (Lipinski definition) is 1. The van der Waals surface area contributed by atoms with Gasteiger partial charge in [-0.3, -0.25) is 0 Å². The lowest BCUT2D eigenvalue weighted by Gasteiger charge is -2.11. The standard InChI is InChI=1S/C14H13NOS/c1-15-14(11-6-7-17-9-11)13-8-10-4-2-3-5-12(10)16-13/h2-9,14-15H,1H3. The topological polar surface area (TPSA) is 25.2 Å². The molecule has 0 radical (unpaired) electrons. The maximum atomic E-state index is 5.89.